The first-order valence-corrected chi connectivity index (χ1v) is 8.93. The third-order valence-electron chi connectivity index (χ3n) is 4.79. The summed E-state index contributed by atoms with van der Waals surface area (Å²) in [6, 6.07) is 17.3. The number of rotatable bonds is 6. The quantitative estimate of drug-likeness (QED) is 0.865. The van der Waals surface area contributed by atoms with Crippen molar-refractivity contribution in [3.8, 4) is 11.1 Å². The molecule has 132 valence electrons. The molecule has 0 aromatic heterocycles. The summed E-state index contributed by atoms with van der Waals surface area (Å²) in [6.45, 7) is 4.21. The lowest BCUT2D eigenvalue weighted by Crippen LogP contribution is -2.42. The summed E-state index contributed by atoms with van der Waals surface area (Å²) in [7, 11) is 0. The summed E-state index contributed by atoms with van der Waals surface area (Å²) in [5.41, 5.74) is 2.99. The van der Waals surface area contributed by atoms with Crippen LogP contribution in [0.25, 0.3) is 11.1 Å². The summed E-state index contributed by atoms with van der Waals surface area (Å²) in [6.07, 6.45) is 2.03. The van der Waals surface area contributed by atoms with E-state index in [1.807, 2.05) is 61.5 Å². The minimum atomic E-state index is -0.792. The highest BCUT2D eigenvalue weighted by atomic mass is 16.5. The van der Waals surface area contributed by atoms with E-state index in [4.69, 9.17) is 4.74 Å². The van der Waals surface area contributed by atoms with E-state index in [9.17, 15) is 9.90 Å². The number of carboxylic acids is 1. The van der Waals surface area contributed by atoms with E-state index < -0.39 is 12.0 Å². The molecule has 0 radical (unpaired) electrons. The Hall–Kier alpha value is -2.17. The molecule has 1 N–H and O–H groups in total. The minimum absolute atomic E-state index is 0.256. The van der Waals surface area contributed by atoms with Gasteiger partial charge in [0.15, 0.2) is 0 Å². The molecular formula is C21H25NO3. The minimum Gasteiger partial charge on any atom is -0.480 e. The van der Waals surface area contributed by atoms with Crippen LogP contribution in [0.4, 0.5) is 0 Å². The predicted octanol–water partition coefficient (Wildman–Crippen LogP) is 3.98. The van der Waals surface area contributed by atoms with E-state index in [-0.39, 0.29) is 6.10 Å². The number of carbonyl (C=O) groups is 1. The Balaban J connectivity index is 1.81. The van der Waals surface area contributed by atoms with Gasteiger partial charge >= 0.3 is 5.97 Å². The van der Waals surface area contributed by atoms with E-state index in [0.29, 0.717) is 6.61 Å². The molecule has 1 saturated heterocycles. The molecule has 4 nitrogen and oxygen atoms in total. The number of carboxylic acid groups (broad SMARTS) is 1. The molecule has 1 atom stereocenters. The normalized spacial score (nSPS) is 17.3. The predicted molar refractivity (Wildman–Crippen MR) is 98.5 cm³/mol. The molecule has 1 unspecified atom stereocenters. The van der Waals surface area contributed by atoms with Gasteiger partial charge < -0.3 is 9.84 Å². The summed E-state index contributed by atoms with van der Waals surface area (Å²) >= 11 is 0. The van der Waals surface area contributed by atoms with Crippen molar-refractivity contribution >= 4 is 5.97 Å². The molecule has 0 spiro atoms. The zero-order valence-corrected chi connectivity index (χ0v) is 14.6. The molecule has 25 heavy (non-hydrogen) atoms. The van der Waals surface area contributed by atoms with E-state index in [2.05, 4.69) is 4.90 Å². The number of aliphatic carboxylic acids is 1. The lowest BCUT2D eigenvalue weighted by molar-refractivity contribution is -0.144. The lowest BCUT2D eigenvalue weighted by Gasteiger charge is -2.35. The van der Waals surface area contributed by atoms with Gasteiger partial charge in [-0.1, -0.05) is 48.5 Å². The van der Waals surface area contributed by atoms with Crippen LogP contribution in [-0.4, -0.2) is 41.8 Å². The van der Waals surface area contributed by atoms with Crippen LogP contribution in [0, 0.1) is 0 Å². The first-order chi connectivity index (χ1) is 12.2. The average molecular weight is 339 g/mol. The van der Waals surface area contributed by atoms with Crippen LogP contribution in [0.2, 0.25) is 0 Å². The second kappa shape index (κ2) is 8.28. The van der Waals surface area contributed by atoms with Crippen LogP contribution in [0.5, 0.6) is 0 Å². The Morgan fingerprint density at radius 1 is 1.12 bits per heavy atom. The third-order valence-corrected chi connectivity index (χ3v) is 4.79. The standard InChI is InChI=1S/C21H25NO3/c1-2-25-19-11-13-22(14-12-19)20(21(23)24)18-10-6-9-17(15-18)16-7-4-3-5-8-16/h3-10,15,19-20H,2,11-14H2,1H3,(H,23,24). The maximum Gasteiger partial charge on any atom is 0.325 e. The molecule has 2 aromatic rings. The van der Waals surface area contributed by atoms with Gasteiger partial charge in [0.1, 0.15) is 6.04 Å². The van der Waals surface area contributed by atoms with Crippen LogP contribution in [0.15, 0.2) is 54.6 Å². The van der Waals surface area contributed by atoms with Crippen LogP contribution >= 0.6 is 0 Å². The molecule has 2 aromatic carbocycles. The second-order valence-corrected chi connectivity index (χ2v) is 6.42. The zero-order chi connectivity index (χ0) is 17.6. The summed E-state index contributed by atoms with van der Waals surface area (Å²) in [5, 5.41) is 9.84. The van der Waals surface area contributed by atoms with Gasteiger partial charge in [0.25, 0.3) is 0 Å². The van der Waals surface area contributed by atoms with Crippen molar-refractivity contribution in [1.82, 2.24) is 4.90 Å². The van der Waals surface area contributed by atoms with Crippen molar-refractivity contribution in [2.24, 2.45) is 0 Å². The molecule has 4 heteroatoms. The highest BCUT2D eigenvalue weighted by molar-refractivity contribution is 5.77. The highest BCUT2D eigenvalue weighted by Crippen LogP contribution is 2.29. The number of benzene rings is 2. The highest BCUT2D eigenvalue weighted by Gasteiger charge is 2.31. The molecule has 0 bridgehead atoms. The molecule has 1 heterocycles. The Bertz CT molecular complexity index is 693. The average Bonchev–Trinajstić information content (AvgIpc) is 2.64. The Morgan fingerprint density at radius 3 is 2.44 bits per heavy atom. The van der Waals surface area contributed by atoms with Crippen molar-refractivity contribution in [2.45, 2.75) is 31.9 Å². The van der Waals surface area contributed by atoms with E-state index in [0.717, 1.165) is 42.6 Å². The summed E-state index contributed by atoms with van der Waals surface area (Å²) in [4.78, 5) is 14.0. The van der Waals surface area contributed by atoms with Gasteiger partial charge in [-0.25, -0.2) is 0 Å². The third kappa shape index (κ3) is 4.27. The van der Waals surface area contributed by atoms with Crippen molar-refractivity contribution in [3.05, 3.63) is 60.2 Å². The van der Waals surface area contributed by atoms with Gasteiger partial charge in [-0.3, -0.25) is 9.69 Å². The second-order valence-electron chi connectivity index (χ2n) is 6.42. The summed E-state index contributed by atoms with van der Waals surface area (Å²) in [5.74, 6) is -0.792. The number of hydrogen-bond donors (Lipinski definition) is 1. The lowest BCUT2D eigenvalue weighted by atomic mass is 9.96. The van der Waals surface area contributed by atoms with Crippen molar-refractivity contribution in [2.75, 3.05) is 19.7 Å². The van der Waals surface area contributed by atoms with Gasteiger partial charge in [0.2, 0.25) is 0 Å². The molecule has 1 aliphatic heterocycles. The van der Waals surface area contributed by atoms with Gasteiger partial charge in [-0.15, -0.1) is 0 Å². The zero-order valence-electron chi connectivity index (χ0n) is 14.6. The number of likely N-dealkylation sites (tertiary alicyclic amines) is 1. The molecule has 0 aliphatic carbocycles. The largest absolute Gasteiger partial charge is 0.480 e. The monoisotopic (exact) mass is 339 g/mol. The molecule has 1 fully saturated rings. The topological polar surface area (TPSA) is 49.8 Å². The van der Waals surface area contributed by atoms with Crippen molar-refractivity contribution in [3.63, 3.8) is 0 Å². The van der Waals surface area contributed by atoms with Gasteiger partial charge in [-0.05, 0) is 42.5 Å². The first-order valence-electron chi connectivity index (χ1n) is 8.93. The number of piperidine rings is 1. The Labute approximate surface area is 149 Å². The van der Waals surface area contributed by atoms with Gasteiger partial charge in [-0.2, -0.15) is 0 Å². The van der Waals surface area contributed by atoms with Crippen LogP contribution < -0.4 is 0 Å². The maximum absolute atomic E-state index is 12.0. The molecule has 1 aliphatic rings. The fraction of sp³-hybridized carbons (Fsp3) is 0.381. The molecular weight excluding hydrogens is 314 g/mol. The van der Waals surface area contributed by atoms with Crippen molar-refractivity contribution in [1.29, 1.82) is 0 Å². The number of ether oxygens (including phenoxy) is 1. The van der Waals surface area contributed by atoms with Crippen LogP contribution in [-0.2, 0) is 9.53 Å². The smallest absolute Gasteiger partial charge is 0.325 e. The van der Waals surface area contributed by atoms with E-state index >= 15 is 0 Å². The maximum atomic E-state index is 12.0. The molecule has 0 amide bonds. The summed E-state index contributed by atoms with van der Waals surface area (Å²) < 4.78 is 5.68. The van der Waals surface area contributed by atoms with E-state index in [1.54, 1.807) is 0 Å². The Kier molecular flexibility index (Phi) is 5.84. The fourth-order valence-electron chi connectivity index (χ4n) is 3.56. The van der Waals surface area contributed by atoms with Crippen molar-refractivity contribution < 1.29 is 14.6 Å². The SMILES string of the molecule is CCOC1CCN(C(C(=O)O)c2cccc(-c3ccccc3)c2)CC1. The number of hydrogen-bond acceptors (Lipinski definition) is 3. The van der Waals surface area contributed by atoms with Crippen LogP contribution in [0.3, 0.4) is 0 Å². The fourth-order valence-corrected chi connectivity index (χ4v) is 3.56. The van der Waals surface area contributed by atoms with E-state index in [1.165, 1.54) is 0 Å². The Morgan fingerprint density at radius 2 is 1.80 bits per heavy atom. The van der Waals surface area contributed by atoms with Gasteiger partial charge in [0.05, 0.1) is 6.10 Å². The molecule has 0 saturated carbocycles. The number of nitrogens with zero attached hydrogens (tertiary/aromatic N) is 1. The molecule has 3 rings (SSSR count). The van der Waals surface area contributed by atoms with Gasteiger partial charge in [0, 0.05) is 19.7 Å². The van der Waals surface area contributed by atoms with Crippen LogP contribution in [0.1, 0.15) is 31.4 Å². The first kappa shape index (κ1) is 17.6.